The number of rotatable bonds is 2. The Morgan fingerprint density at radius 1 is 1.05 bits per heavy atom. The Kier molecular flexibility index (Phi) is 4.03. The summed E-state index contributed by atoms with van der Waals surface area (Å²) >= 11 is 0. The maximum atomic E-state index is 11.9. The highest BCUT2D eigenvalue weighted by Crippen LogP contribution is 2.30. The van der Waals surface area contributed by atoms with Crippen LogP contribution in [0.25, 0.3) is 11.1 Å². The Bertz CT molecular complexity index is 666. The summed E-state index contributed by atoms with van der Waals surface area (Å²) in [5.74, 6) is -0.157. The second-order valence-corrected chi connectivity index (χ2v) is 6.09. The zero-order valence-electron chi connectivity index (χ0n) is 12.8. The lowest BCUT2D eigenvalue weighted by Gasteiger charge is -2.21. The molecule has 0 aromatic heterocycles. The van der Waals surface area contributed by atoms with Gasteiger partial charge in [-0.25, -0.2) is 4.79 Å². The van der Waals surface area contributed by atoms with E-state index in [-0.39, 0.29) is 17.1 Å². The number of phenols is 1. The Labute approximate surface area is 125 Å². The lowest BCUT2D eigenvalue weighted by molar-refractivity contribution is 0.0600. The van der Waals surface area contributed by atoms with Crippen molar-refractivity contribution in [3.63, 3.8) is 0 Å². The number of hydrogen-bond donors (Lipinski definition) is 1. The summed E-state index contributed by atoms with van der Waals surface area (Å²) in [6.07, 6.45) is 0. The fraction of sp³-hybridized carbons (Fsp3) is 0.278. The van der Waals surface area contributed by atoms with E-state index in [1.807, 2.05) is 18.2 Å². The summed E-state index contributed by atoms with van der Waals surface area (Å²) in [5.41, 5.74) is 3.23. The quantitative estimate of drug-likeness (QED) is 0.843. The van der Waals surface area contributed by atoms with Gasteiger partial charge in [0.05, 0.1) is 12.7 Å². The molecular formula is C18H20O3. The van der Waals surface area contributed by atoms with Gasteiger partial charge in [-0.1, -0.05) is 39.0 Å². The van der Waals surface area contributed by atoms with Crippen LogP contribution < -0.4 is 0 Å². The number of ether oxygens (including phenoxy) is 1. The first-order valence-electron chi connectivity index (χ1n) is 6.84. The van der Waals surface area contributed by atoms with Crippen molar-refractivity contribution in [1.82, 2.24) is 0 Å². The van der Waals surface area contributed by atoms with Crippen molar-refractivity contribution >= 4 is 5.97 Å². The predicted molar refractivity (Wildman–Crippen MR) is 83.6 cm³/mol. The van der Waals surface area contributed by atoms with Crippen molar-refractivity contribution in [2.24, 2.45) is 0 Å². The summed E-state index contributed by atoms with van der Waals surface area (Å²) in [6.45, 7) is 6.28. The summed E-state index contributed by atoms with van der Waals surface area (Å²) in [5, 5.41) is 9.64. The molecule has 0 heterocycles. The molecular weight excluding hydrogens is 264 g/mol. The smallest absolute Gasteiger partial charge is 0.337 e. The van der Waals surface area contributed by atoms with Crippen LogP contribution in [0.2, 0.25) is 0 Å². The number of carbonyl (C=O) groups is 1. The number of benzene rings is 2. The third kappa shape index (κ3) is 3.43. The van der Waals surface area contributed by atoms with Crippen LogP contribution in [0.4, 0.5) is 0 Å². The van der Waals surface area contributed by atoms with Gasteiger partial charge in [0.2, 0.25) is 0 Å². The fourth-order valence-corrected chi connectivity index (χ4v) is 2.15. The second kappa shape index (κ2) is 5.60. The summed E-state index contributed by atoms with van der Waals surface area (Å²) < 4.78 is 4.83. The molecule has 3 nitrogen and oxygen atoms in total. The molecule has 0 aliphatic rings. The molecule has 0 atom stereocenters. The van der Waals surface area contributed by atoms with E-state index in [4.69, 9.17) is 4.74 Å². The van der Waals surface area contributed by atoms with E-state index >= 15 is 0 Å². The van der Waals surface area contributed by atoms with Crippen LogP contribution in [0.5, 0.6) is 5.75 Å². The number of aromatic hydroxyl groups is 1. The highest BCUT2D eigenvalue weighted by Gasteiger charge is 2.18. The van der Waals surface area contributed by atoms with Crippen LogP contribution in [-0.2, 0) is 10.2 Å². The first-order valence-corrected chi connectivity index (χ1v) is 6.84. The minimum Gasteiger partial charge on any atom is -0.508 e. The molecule has 3 heteroatoms. The molecule has 110 valence electrons. The van der Waals surface area contributed by atoms with Crippen LogP contribution in [0, 0.1) is 0 Å². The molecule has 2 aromatic rings. The van der Waals surface area contributed by atoms with Crippen molar-refractivity contribution < 1.29 is 14.6 Å². The number of hydrogen-bond acceptors (Lipinski definition) is 3. The van der Waals surface area contributed by atoms with Crippen molar-refractivity contribution in [3.8, 4) is 16.9 Å². The van der Waals surface area contributed by atoms with Crippen molar-refractivity contribution in [2.45, 2.75) is 26.2 Å². The molecule has 1 N–H and O–H groups in total. The predicted octanol–water partition coefficient (Wildman–Crippen LogP) is 4.14. The number of methoxy groups -OCH3 is 1. The van der Waals surface area contributed by atoms with E-state index < -0.39 is 0 Å². The summed E-state index contributed by atoms with van der Waals surface area (Å²) in [7, 11) is 1.38. The fourth-order valence-electron chi connectivity index (χ4n) is 2.15. The Morgan fingerprint density at radius 2 is 1.76 bits per heavy atom. The Balaban J connectivity index is 2.63. The van der Waals surface area contributed by atoms with E-state index in [1.165, 1.54) is 7.11 Å². The monoisotopic (exact) mass is 284 g/mol. The maximum absolute atomic E-state index is 11.9. The SMILES string of the molecule is COC(=O)c1cc(-c2cccc(O)c2)cc(C(C)(C)C)c1. The average Bonchev–Trinajstić information content (AvgIpc) is 2.45. The maximum Gasteiger partial charge on any atom is 0.337 e. The van der Waals surface area contributed by atoms with Crippen LogP contribution in [0.15, 0.2) is 42.5 Å². The standard InChI is InChI=1S/C18H20O3/c1-18(2,3)15-9-13(8-14(10-15)17(20)21-4)12-6-5-7-16(19)11-12/h5-11,19H,1-4H3. The van der Waals surface area contributed by atoms with Gasteiger partial charge in [-0.05, 0) is 46.4 Å². The van der Waals surface area contributed by atoms with Gasteiger partial charge in [0.25, 0.3) is 0 Å². The van der Waals surface area contributed by atoms with Crippen molar-refractivity contribution in [3.05, 3.63) is 53.6 Å². The van der Waals surface area contributed by atoms with Gasteiger partial charge in [-0.15, -0.1) is 0 Å². The molecule has 0 radical (unpaired) electrons. The van der Waals surface area contributed by atoms with E-state index in [0.717, 1.165) is 16.7 Å². The van der Waals surface area contributed by atoms with Gasteiger partial charge in [-0.3, -0.25) is 0 Å². The van der Waals surface area contributed by atoms with Crippen molar-refractivity contribution in [2.75, 3.05) is 7.11 Å². The van der Waals surface area contributed by atoms with Crippen LogP contribution >= 0.6 is 0 Å². The first kappa shape index (κ1) is 15.1. The summed E-state index contributed by atoms with van der Waals surface area (Å²) in [6, 6.07) is 12.7. The van der Waals surface area contributed by atoms with Crippen LogP contribution in [0.3, 0.4) is 0 Å². The zero-order valence-corrected chi connectivity index (χ0v) is 12.8. The van der Waals surface area contributed by atoms with Gasteiger partial charge in [0.15, 0.2) is 0 Å². The molecule has 2 aromatic carbocycles. The third-order valence-electron chi connectivity index (χ3n) is 3.40. The van der Waals surface area contributed by atoms with Gasteiger partial charge >= 0.3 is 5.97 Å². The van der Waals surface area contributed by atoms with Gasteiger partial charge in [0.1, 0.15) is 5.75 Å². The van der Waals surface area contributed by atoms with E-state index in [1.54, 1.807) is 24.3 Å². The Morgan fingerprint density at radius 3 is 2.33 bits per heavy atom. The van der Waals surface area contributed by atoms with Gasteiger partial charge in [-0.2, -0.15) is 0 Å². The van der Waals surface area contributed by atoms with Crippen molar-refractivity contribution in [1.29, 1.82) is 0 Å². The first-order chi connectivity index (χ1) is 9.81. The second-order valence-electron chi connectivity index (χ2n) is 6.09. The minimum atomic E-state index is -0.359. The molecule has 0 amide bonds. The molecule has 21 heavy (non-hydrogen) atoms. The van der Waals surface area contributed by atoms with Crippen LogP contribution in [-0.4, -0.2) is 18.2 Å². The molecule has 0 saturated heterocycles. The number of carbonyl (C=O) groups excluding carboxylic acids is 1. The molecule has 0 aliphatic carbocycles. The van der Waals surface area contributed by atoms with Gasteiger partial charge in [0, 0.05) is 0 Å². The number of esters is 1. The van der Waals surface area contributed by atoms with E-state index in [2.05, 4.69) is 20.8 Å². The topological polar surface area (TPSA) is 46.5 Å². The minimum absolute atomic E-state index is 0.0877. The van der Waals surface area contributed by atoms with Gasteiger partial charge < -0.3 is 9.84 Å². The van der Waals surface area contributed by atoms with Crippen LogP contribution in [0.1, 0.15) is 36.7 Å². The normalized spacial score (nSPS) is 11.2. The highest BCUT2D eigenvalue weighted by molar-refractivity contribution is 5.91. The molecule has 0 fully saturated rings. The number of phenolic OH excluding ortho intramolecular Hbond substituents is 1. The summed E-state index contributed by atoms with van der Waals surface area (Å²) in [4.78, 5) is 11.9. The van der Waals surface area contributed by atoms with E-state index in [9.17, 15) is 9.90 Å². The molecule has 0 unspecified atom stereocenters. The average molecular weight is 284 g/mol. The molecule has 0 bridgehead atoms. The lowest BCUT2D eigenvalue weighted by atomic mass is 9.84. The molecule has 0 spiro atoms. The molecule has 0 saturated carbocycles. The Hall–Kier alpha value is -2.29. The highest BCUT2D eigenvalue weighted by atomic mass is 16.5. The molecule has 0 aliphatic heterocycles. The van der Waals surface area contributed by atoms with E-state index in [0.29, 0.717) is 5.56 Å². The third-order valence-corrected chi connectivity index (χ3v) is 3.40. The lowest BCUT2D eigenvalue weighted by Crippen LogP contribution is -2.13. The largest absolute Gasteiger partial charge is 0.508 e. The zero-order chi connectivity index (χ0) is 15.6. The molecule has 2 rings (SSSR count).